The van der Waals surface area contributed by atoms with Gasteiger partial charge in [0.25, 0.3) is 0 Å². The van der Waals surface area contributed by atoms with Gasteiger partial charge in [0, 0.05) is 26.2 Å². The average Bonchev–Trinajstić information content (AvgIpc) is 2.90. The van der Waals surface area contributed by atoms with Crippen LogP contribution in [0.2, 0.25) is 0 Å². The van der Waals surface area contributed by atoms with E-state index in [1.165, 1.54) is 18.2 Å². The third-order valence-corrected chi connectivity index (χ3v) is 5.00. The van der Waals surface area contributed by atoms with Gasteiger partial charge in [-0.2, -0.15) is 0 Å². The predicted molar refractivity (Wildman–Crippen MR) is 102 cm³/mol. The number of halogens is 2. The Morgan fingerprint density at radius 2 is 1.78 bits per heavy atom. The molecule has 0 bridgehead atoms. The number of rotatable bonds is 5. The quantitative estimate of drug-likeness (QED) is 0.871. The van der Waals surface area contributed by atoms with Gasteiger partial charge in [-0.3, -0.25) is 14.6 Å². The molecule has 0 aliphatic carbocycles. The lowest BCUT2D eigenvalue weighted by atomic mass is 10.2. The van der Waals surface area contributed by atoms with E-state index in [9.17, 15) is 13.6 Å². The number of amides is 1. The summed E-state index contributed by atoms with van der Waals surface area (Å²) in [6.07, 6.45) is 0.943. The molecule has 2 aromatic carbocycles. The van der Waals surface area contributed by atoms with Gasteiger partial charge in [0.2, 0.25) is 5.91 Å². The number of para-hydroxylation sites is 1. The fraction of sp³-hybridized carbons (Fsp3) is 0.381. The Labute approximate surface area is 158 Å². The van der Waals surface area contributed by atoms with Gasteiger partial charge in [-0.15, -0.1) is 0 Å². The molecule has 4 nitrogen and oxygen atoms in total. The maximum Gasteiger partial charge on any atom is 0.241 e. The van der Waals surface area contributed by atoms with E-state index in [2.05, 4.69) is 15.1 Å². The van der Waals surface area contributed by atoms with Crippen LogP contribution in [0.3, 0.4) is 0 Å². The van der Waals surface area contributed by atoms with Gasteiger partial charge in [0.1, 0.15) is 11.6 Å². The van der Waals surface area contributed by atoms with Gasteiger partial charge >= 0.3 is 0 Å². The molecule has 6 heteroatoms. The zero-order valence-electron chi connectivity index (χ0n) is 15.5. The van der Waals surface area contributed by atoms with E-state index in [1.807, 2.05) is 19.1 Å². The summed E-state index contributed by atoms with van der Waals surface area (Å²) in [6.45, 7) is 5.94. The Morgan fingerprint density at radius 3 is 2.52 bits per heavy atom. The van der Waals surface area contributed by atoms with Gasteiger partial charge < -0.3 is 5.32 Å². The molecule has 1 atom stereocenters. The van der Waals surface area contributed by atoms with Crippen molar-refractivity contribution in [1.29, 1.82) is 0 Å². The molecule has 1 aliphatic heterocycles. The molecule has 1 aliphatic rings. The molecular weight excluding hydrogens is 348 g/mol. The van der Waals surface area contributed by atoms with Gasteiger partial charge in [0.05, 0.1) is 11.7 Å². The number of nitrogens with zero attached hydrogens (tertiary/aromatic N) is 2. The first-order chi connectivity index (χ1) is 13.0. The van der Waals surface area contributed by atoms with Gasteiger partial charge in [-0.25, -0.2) is 8.78 Å². The number of hydrogen-bond acceptors (Lipinski definition) is 3. The highest BCUT2D eigenvalue weighted by atomic mass is 19.1. The first-order valence-corrected chi connectivity index (χ1v) is 9.29. The third kappa shape index (κ3) is 5.34. The van der Waals surface area contributed by atoms with Crippen LogP contribution in [0, 0.1) is 11.6 Å². The third-order valence-electron chi connectivity index (χ3n) is 5.00. The fourth-order valence-electron chi connectivity index (χ4n) is 3.35. The van der Waals surface area contributed by atoms with Crippen LogP contribution in [-0.4, -0.2) is 47.9 Å². The molecule has 144 valence electrons. The molecule has 0 saturated carbocycles. The van der Waals surface area contributed by atoms with Crippen LogP contribution < -0.4 is 5.32 Å². The van der Waals surface area contributed by atoms with Gasteiger partial charge in [0.15, 0.2) is 0 Å². The summed E-state index contributed by atoms with van der Waals surface area (Å²) in [5.41, 5.74) is 1.29. The number of anilines is 1. The van der Waals surface area contributed by atoms with Crippen molar-refractivity contribution in [3.05, 3.63) is 65.7 Å². The summed E-state index contributed by atoms with van der Waals surface area (Å²) in [4.78, 5) is 17.0. The molecule has 3 rings (SSSR count). The second-order valence-electron chi connectivity index (χ2n) is 6.94. The minimum absolute atomic E-state index is 0.202. The Bertz CT molecular complexity index is 766. The van der Waals surface area contributed by atoms with E-state index in [1.54, 1.807) is 18.2 Å². The highest BCUT2D eigenvalue weighted by molar-refractivity contribution is 5.94. The second-order valence-corrected chi connectivity index (χ2v) is 6.94. The Morgan fingerprint density at radius 1 is 1.04 bits per heavy atom. The Kier molecular flexibility index (Phi) is 6.53. The number of carbonyl (C=O) groups excluding carboxylic acids is 1. The second kappa shape index (κ2) is 9.06. The van der Waals surface area contributed by atoms with Crippen molar-refractivity contribution >= 4 is 11.6 Å². The smallest absolute Gasteiger partial charge is 0.241 e. The lowest BCUT2D eigenvalue weighted by Gasteiger charge is -2.27. The molecule has 1 unspecified atom stereocenters. The highest BCUT2D eigenvalue weighted by Crippen LogP contribution is 2.15. The van der Waals surface area contributed by atoms with E-state index in [0.29, 0.717) is 0 Å². The van der Waals surface area contributed by atoms with E-state index in [4.69, 9.17) is 0 Å². The van der Waals surface area contributed by atoms with Crippen LogP contribution >= 0.6 is 0 Å². The van der Waals surface area contributed by atoms with Crippen LogP contribution in [0.5, 0.6) is 0 Å². The van der Waals surface area contributed by atoms with Crippen molar-refractivity contribution in [2.45, 2.75) is 25.9 Å². The van der Waals surface area contributed by atoms with Crippen molar-refractivity contribution in [3.63, 3.8) is 0 Å². The maximum absolute atomic E-state index is 13.7. The number of carbonyl (C=O) groups is 1. The van der Waals surface area contributed by atoms with Crippen LogP contribution in [0.4, 0.5) is 14.5 Å². The van der Waals surface area contributed by atoms with E-state index in [0.717, 1.165) is 44.7 Å². The molecule has 0 aromatic heterocycles. The molecule has 1 amide bonds. The zero-order valence-corrected chi connectivity index (χ0v) is 15.5. The summed E-state index contributed by atoms with van der Waals surface area (Å²) >= 11 is 0. The van der Waals surface area contributed by atoms with Gasteiger partial charge in [-0.1, -0.05) is 24.3 Å². The lowest BCUT2D eigenvalue weighted by Crippen LogP contribution is -2.44. The Hall–Kier alpha value is -2.31. The van der Waals surface area contributed by atoms with Crippen molar-refractivity contribution in [1.82, 2.24) is 9.80 Å². The summed E-state index contributed by atoms with van der Waals surface area (Å²) in [6, 6.07) is 12.4. The largest absolute Gasteiger partial charge is 0.322 e. The van der Waals surface area contributed by atoms with Crippen molar-refractivity contribution in [3.8, 4) is 0 Å². The standard InChI is InChI=1S/C21H25F2N3O/c1-16(21(27)24-20-6-3-2-5-19(20)23)26-12-4-11-25(13-14-26)15-17-7-9-18(22)10-8-17/h2-3,5-10,16H,4,11-15H2,1H3,(H,24,27). The normalized spacial score (nSPS) is 17.3. The van der Waals surface area contributed by atoms with Crippen molar-refractivity contribution in [2.24, 2.45) is 0 Å². The highest BCUT2D eigenvalue weighted by Gasteiger charge is 2.24. The van der Waals surface area contributed by atoms with E-state index < -0.39 is 5.82 Å². The summed E-state index contributed by atoms with van der Waals surface area (Å²) < 4.78 is 26.8. The maximum atomic E-state index is 13.7. The van der Waals surface area contributed by atoms with Crippen LogP contribution in [0.15, 0.2) is 48.5 Å². The van der Waals surface area contributed by atoms with Crippen LogP contribution in [0.1, 0.15) is 18.9 Å². The summed E-state index contributed by atoms with van der Waals surface area (Å²) in [5, 5.41) is 2.68. The van der Waals surface area contributed by atoms with E-state index in [-0.39, 0.29) is 23.5 Å². The first kappa shape index (κ1) is 19.5. The molecule has 1 N–H and O–H groups in total. The SMILES string of the molecule is CC(C(=O)Nc1ccccc1F)N1CCCN(Cc2ccc(F)cc2)CC1. The van der Waals surface area contributed by atoms with Crippen molar-refractivity contribution in [2.75, 3.05) is 31.5 Å². The number of nitrogens with one attached hydrogen (secondary N) is 1. The monoisotopic (exact) mass is 373 g/mol. The predicted octanol–water partition coefficient (Wildman–Crippen LogP) is 3.50. The van der Waals surface area contributed by atoms with E-state index >= 15 is 0 Å². The summed E-state index contributed by atoms with van der Waals surface area (Å²) in [5.74, 6) is -0.859. The zero-order chi connectivity index (χ0) is 19.2. The van der Waals surface area contributed by atoms with Crippen LogP contribution in [-0.2, 0) is 11.3 Å². The molecular formula is C21H25F2N3O. The van der Waals surface area contributed by atoms with Crippen LogP contribution in [0.25, 0.3) is 0 Å². The van der Waals surface area contributed by atoms with Gasteiger partial charge in [-0.05, 0) is 49.7 Å². The molecule has 1 saturated heterocycles. The minimum Gasteiger partial charge on any atom is -0.322 e. The topological polar surface area (TPSA) is 35.6 Å². The average molecular weight is 373 g/mol. The fourth-order valence-corrected chi connectivity index (χ4v) is 3.35. The Balaban J connectivity index is 1.54. The molecule has 27 heavy (non-hydrogen) atoms. The number of hydrogen-bond donors (Lipinski definition) is 1. The minimum atomic E-state index is -0.431. The molecule has 0 radical (unpaired) electrons. The first-order valence-electron chi connectivity index (χ1n) is 9.29. The molecule has 1 fully saturated rings. The van der Waals surface area contributed by atoms with Crippen molar-refractivity contribution < 1.29 is 13.6 Å². The number of benzene rings is 2. The molecule has 1 heterocycles. The summed E-state index contributed by atoms with van der Waals surface area (Å²) in [7, 11) is 0. The molecule has 2 aromatic rings. The lowest BCUT2D eigenvalue weighted by molar-refractivity contribution is -0.120. The molecule has 0 spiro atoms.